The van der Waals surface area contributed by atoms with Gasteiger partial charge in [-0.05, 0) is 29.8 Å². The molecule has 0 aliphatic carbocycles. The minimum atomic E-state index is -0.406. The summed E-state index contributed by atoms with van der Waals surface area (Å²) in [6.45, 7) is 0.902. The highest BCUT2D eigenvalue weighted by Gasteiger charge is 2.36. The first-order chi connectivity index (χ1) is 13.7. The molecule has 142 valence electrons. The molecule has 3 heterocycles. The molecule has 8 nitrogen and oxygen atoms in total. The number of ether oxygens (including phenoxy) is 2. The van der Waals surface area contributed by atoms with E-state index in [4.69, 9.17) is 9.47 Å². The summed E-state index contributed by atoms with van der Waals surface area (Å²) in [4.78, 5) is 26.7. The lowest BCUT2D eigenvalue weighted by atomic mass is 10.1. The van der Waals surface area contributed by atoms with Crippen LogP contribution >= 0.6 is 0 Å². The van der Waals surface area contributed by atoms with E-state index >= 15 is 0 Å². The molecule has 28 heavy (non-hydrogen) atoms. The average molecular weight is 378 g/mol. The molecule has 0 saturated carbocycles. The number of fused-ring (bicyclic) bond motifs is 2. The number of anilines is 1. The van der Waals surface area contributed by atoms with Gasteiger partial charge in [-0.25, -0.2) is 0 Å². The second-order valence-corrected chi connectivity index (χ2v) is 6.90. The van der Waals surface area contributed by atoms with Crippen LogP contribution in [-0.4, -0.2) is 35.3 Å². The summed E-state index contributed by atoms with van der Waals surface area (Å²) in [5.74, 6) is 1.32. The Kier molecular flexibility index (Phi) is 3.89. The van der Waals surface area contributed by atoms with Crippen molar-refractivity contribution < 1.29 is 19.1 Å². The Hall–Kier alpha value is -3.55. The van der Waals surface area contributed by atoms with E-state index in [-0.39, 0.29) is 25.0 Å². The first kappa shape index (κ1) is 16.6. The van der Waals surface area contributed by atoms with Gasteiger partial charge in [0.15, 0.2) is 17.3 Å². The molecule has 0 radical (unpaired) electrons. The van der Waals surface area contributed by atoms with E-state index in [0.29, 0.717) is 30.4 Å². The molecule has 1 atom stereocenters. The van der Waals surface area contributed by atoms with Crippen molar-refractivity contribution in [3.8, 4) is 11.5 Å². The van der Waals surface area contributed by atoms with E-state index in [1.54, 1.807) is 4.90 Å². The molecule has 0 unspecified atom stereocenters. The summed E-state index contributed by atoms with van der Waals surface area (Å²) in [5.41, 5.74) is 1.78. The third kappa shape index (κ3) is 2.83. The number of carbonyl (C=O) groups is 2. The molecule has 1 fully saturated rings. The van der Waals surface area contributed by atoms with E-state index in [2.05, 4.69) is 15.5 Å². The summed E-state index contributed by atoms with van der Waals surface area (Å²) in [7, 11) is 0. The number of amides is 2. The highest BCUT2D eigenvalue weighted by Crippen LogP contribution is 2.33. The normalized spacial score (nSPS) is 18.1. The fraction of sp³-hybridized carbons (Fsp3) is 0.250. The minimum Gasteiger partial charge on any atom is -0.454 e. The van der Waals surface area contributed by atoms with Crippen LogP contribution in [0.2, 0.25) is 0 Å². The molecular formula is C20H18N4O4. The molecule has 2 N–H and O–H groups in total. The average Bonchev–Trinajstić information content (AvgIpc) is 3.43. The van der Waals surface area contributed by atoms with Gasteiger partial charge in [0, 0.05) is 24.9 Å². The Morgan fingerprint density at radius 3 is 3.00 bits per heavy atom. The van der Waals surface area contributed by atoms with Crippen LogP contribution in [0.3, 0.4) is 0 Å². The lowest BCUT2D eigenvalue weighted by Gasteiger charge is -2.14. The molecule has 3 aromatic rings. The van der Waals surface area contributed by atoms with Crippen LogP contribution in [0.5, 0.6) is 11.5 Å². The highest BCUT2D eigenvalue weighted by molar-refractivity contribution is 6.05. The summed E-state index contributed by atoms with van der Waals surface area (Å²) in [6.07, 6.45) is 0.175. The predicted octanol–water partition coefficient (Wildman–Crippen LogP) is 1.96. The van der Waals surface area contributed by atoms with Crippen LogP contribution in [0.1, 0.15) is 12.0 Å². The lowest BCUT2D eigenvalue weighted by Crippen LogP contribution is -2.32. The SMILES string of the molecule is O=C(NCc1ccc2c(c1)OCO2)[C@@H]1CC(=O)N(c2n[nH]c3ccccc23)C1. The summed E-state index contributed by atoms with van der Waals surface area (Å²) in [6, 6.07) is 13.2. The predicted molar refractivity (Wildman–Crippen MR) is 101 cm³/mol. The van der Waals surface area contributed by atoms with Gasteiger partial charge in [0.2, 0.25) is 18.6 Å². The van der Waals surface area contributed by atoms with Crippen molar-refractivity contribution in [3.05, 3.63) is 48.0 Å². The van der Waals surface area contributed by atoms with Gasteiger partial charge in [-0.3, -0.25) is 19.6 Å². The quantitative estimate of drug-likeness (QED) is 0.723. The molecule has 5 rings (SSSR count). The van der Waals surface area contributed by atoms with Gasteiger partial charge < -0.3 is 14.8 Å². The van der Waals surface area contributed by atoms with Crippen LogP contribution in [-0.2, 0) is 16.1 Å². The highest BCUT2D eigenvalue weighted by atomic mass is 16.7. The minimum absolute atomic E-state index is 0.0968. The molecule has 2 aliphatic heterocycles. The van der Waals surface area contributed by atoms with E-state index in [1.807, 2.05) is 42.5 Å². The van der Waals surface area contributed by atoms with Gasteiger partial charge in [0.05, 0.1) is 11.4 Å². The van der Waals surface area contributed by atoms with Crippen LogP contribution in [0.4, 0.5) is 5.82 Å². The second kappa shape index (κ2) is 6.56. The molecule has 0 bridgehead atoms. The zero-order chi connectivity index (χ0) is 19.1. The number of hydrogen-bond acceptors (Lipinski definition) is 5. The van der Waals surface area contributed by atoms with Gasteiger partial charge in [-0.1, -0.05) is 18.2 Å². The van der Waals surface area contributed by atoms with Gasteiger partial charge in [0.1, 0.15) is 0 Å². The van der Waals surface area contributed by atoms with E-state index in [0.717, 1.165) is 16.5 Å². The first-order valence-corrected chi connectivity index (χ1v) is 9.09. The molecule has 2 amide bonds. The number of H-pyrrole nitrogens is 1. The molecule has 0 spiro atoms. The largest absolute Gasteiger partial charge is 0.454 e. The third-order valence-electron chi connectivity index (χ3n) is 5.11. The summed E-state index contributed by atoms with van der Waals surface area (Å²) >= 11 is 0. The Morgan fingerprint density at radius 2 is 2.07 bits per heavy atom. The van der Waals surface area contributed by atoms with Crippen molar-refractivity contribution in [1.82, 2.24) is 15.5 Å². The first-order valence-electron chi connectivity index (χ1n) is 9.09. The number of nitrogens with zero attached hydrogens (tertiary/aromatic N) is 2. The van der Waals surface area contributed by atoms with Gasteiger partial charge in [-0.2, -0.15) is 5.10 Å². The number of para-hydroxylation sites is 1. The molecule has 2 aliphatic rings. The maximum absolute atomic E-state index is 12.6. The Balaban J connectivity index is 1.26. The summed E-state index contributed by atoms with van der Waals surface area (Å²) < 4.78 is 10.6. The third-order valence-corrected chi connectivity index (χ3v) is 5.11. The van der Waals surface area contributed by atoms with E-state index < -0.39 is 5.92 Å². The fourth-order valence-corrected chi connectivity index (χ4v) is 3.63. The van der Waals surface area contributed by atoms with Gasteiger partial charge in [0.25, 0.3) is 0 Å². The number of aromatic nitrogens is 2. The van der Waals surface area contributed by atoms with Crippen molar-refractivity contribution in [3.63, 3.8) is 0 Å². The van der Waals surface area contributed by atoms with Crippen LogP contribution in [0.15, 0.2) is 42.5 Å². The standard InChI is InChI=1S/C20H18N4O4/c25-18-8-13(10-24(18)19-14-3-1-2-4-15(14)22-23-19)20(26)21-9-12-5-6-16-17(7-12)28-11-27-16/h1-7,13H,8-11H2,(H,21,26)(H,22,23)/t13-/m1/s1. The smallest absolute Gasteiger partial charge is 0.231 e. The van der Waals surface area contributed by atoms with Gasteiger partial charge in [-0.15, -0.1) is 0 Å². The number of hydrogen-bond donors (Lipinski definition) is 2. The number of aromatic amines is 1. The lowest BCUT2D eigenvalue weighted by molar-refractivity contribution is -0.126. The monoisotopic (exact) mass is 378 g/mol. The Bertz CT molecular complexity index is 1080. The number of benzene rings is 2. The fourth-order valence-electron chi connectivity index (χ4n) is 3.63. The second-order valence-electron chi connectivity index (χ2n) is 6.90. The maximum atomic E-state index is 12.6. The van der Waals surface area contributed by atoms with E-state index in [1.165, 1.54) is 0 Å². The van der Waals surface area contributed by atoms with Crippen molar-refractivity contribution in [2.45, 2.75) is 13.0 Å². The zero-order valence-electron chi connectivity index (χ0n) is 15.0. The zero-order valence-corrected chi connectivity index (χ0v) is 15.0. The molecular weight excluding hydrogens is 360 g/mol. The van der Waals surface area contributed by atoms with E-state index in [9.17, 15) is 9.59 Å². The topological polar surface area (TPSA) is 96.5 Å². The maximum Gasteiger partial charge on any atom is 0.231 e. The molecule has 2 aromatic carbocycles. The number of carbonyl (C=O) groups excluding carboxylic acids is 2. The van der Waals surface area contributed by atoms with Gasteiger partial charge >= 0.3 is 0 Å². The molecule has 8 heteroatoms. The van der Waals surface area contributed by atoms with Crippen molar-refractivity contribution in [2.24, 2.45) is 5.92 Å². The number of nitrogens with one attached hydrogen (secondary N) is 2. The Labute approximate surface area is 160 Å². The summed E-state index contributed by atoms with van der Waals surface area (Å²) in [5, 5.41) is 11.0. The molecule has 1 aromatic heterocycles. The van der Waals surface area contributed by atoms with Crippen LogP contribution in [0, 0.1) is 5.92 Å². The van der Waals surface area contributed by atoms with Crippen molar-refractivity contribution in [1.29, 1.82) is 0 Å². The molecule has 1 saturated heterocycles. The van der Waals surface area contributed by atoms with Crippen molar-refractivity contribution >= 4 is 28.5 Å². The van der Waals surface area contributed by atoms with Crippen LogP contribution in [0.25, 0.3) is 10.9 Å². The number of rotatable bonds is 4. The van der Waals surface area contributed by atoms with Crippen molar-refractivity contribution in [2.75, 3.05) is 18.2 Å². The van der Waals surface area contributed by atoms with Crippen LogP contribution < -0.4 is 19.7 Å². The Morgan fingerprint density at radius 1 is 1.21 bits per heavy atom.